The molecule has 0 aromatic carbocycles. The highest BCUT2D eigenvalue weighted by molar-refractivity contribution is 5.14. The van der Waals surface area contributed by atoms with Gasteiger partial charge in [-0.25, -0.2) is 0 Å². The van der Waals surface area contributed by atoms with Crippen molar-refractivity contribution in [3.05, 3.63) is 0 Å². The molecule has 6 atom stereocenters. The van der Waals surface area contributed by atoms with Crippen molar-refractivity contribution in [2.75, 3.05) is 0 Å². The largest absolute Gasteiger partial charge is 0.371 e. The van der Waals surface area contributed by atoms with E-state index in [4.69, 9.17) is 4.74 Å². The molecular formula is C12H18O. The summed E-state index contributed by atoms with van der Waals surface area (Å²) in [5, 5.41) is 0. The van der Waals surface area contributed by atoms with Crippen molar-refractivity contribution in [1.82, 2.24) is 0 Å². The third kappa shape index (κ3) is 0.674. The van der Waals surface area contributed by atoms with Gasteiger partial charge >= 0.3 is 0 Å². The van der Waals surface area contributed by atoms with Gasteiger partial charge in [-0.05, 0) is 56.3 Å². The Hall–Kier alpha value is -0.0400. The van der Waals surface area contributed by atoms with Crippen LogP contribution in [0.2, 0.25) is 0 Å². The summed E-state index contributed by atoms with van der Waals surface area (Å²) in [5.41, 5.74) is 0.320. The van der Waals surface area contributed by atoms with E-state index in [0.29, 0.717) is 11.7 Å². The second-order valence-corrected chi connectivity index (χ2v) is 5.96. The van der Waals surface area contributed by atoms with E-state index < -0.39 is 0 Å². The third-order valence-electron chi connectivity index (χ3n) is 5.46. The lowest BCUT2D eigenvalue weighted by molar-refractivity contribution is -0.118. The van der Waals surface area contributed by atoms with Crippen LogP contribution in [0.15, 0.2) is 0 Å². The molecule has 6 unspecified atom stereocenters. The summed E-state index contributed by atoms with van der Waals surface area (Å²) in [4.78, 5) is 0. The molecule has 3 aliphatic carbocycles. The topological polar surface area (TPSA) is 9.23 Å². The van der Waals surface area contributed by atoms with Gasteiger partial charge in [-0.3, -0.25) is 0 Å². The monoisotopic (exact) mass is 178 g/mol. The third-order valence-corrected chi connectivity index (χ3v) is 5.46. The molecule has 2 saturated heterocycles. The quantitative estimate of drug-likeness (QED) is 0.554. The van der Waals surface area contributed by atoms with Crippen LogP contribution in [0, 0.1) is 23.7 Å². The minimum atomic E-state index is 0.320. The van der Waals surface area contributed by atoms with E-state index in [1.807, 2.05) is 0 Å². The Kier molecular flexibility index (Phi) is 1.11. The molecule has 0 spiro atoms. The lowest BCUT2D eigenvalue weighted by atomic mass is 9.65. The average Bonchev–Trinajstić information content (AvgIpc) is 2.47. The van der Waals surface area contributed by atoms with E-state index in [1.165, 1.54) is 32.1 Å². The van der Waals surface area contributed by atoms with Gasteiger partial charge in [0.2, 0.25) is 0 Å². The van der Waals surface area contributed by atoms with Gasteiger partial charge in [-0.2, -0.15) is 0 Å². The van der Waals surface area contributed by atoms with Crippen molar-refractivity contribution in [2.24, 2.45) is 23.7 Å². The van der Waals surface area contributed by atoms with Gasteiger partial charge in [-0.1, -0.05) is 6.42 Å². The van der Waals surface area contributed by atoms with Gasteiger partial charge in [0.1, 0.15) is 0 Å². The van der Waals surface area contributed by atoms with Crippen LogP contribution in [0.5, 0.6) is 0 Å². The van der Waals surface area contributed by atoms with Crippen LogP contribution < -0.4 is 0 Å². The van der Waals surface area contributed by atoms with Gasteiger partial charge in [0.15, 0.2) is 0 Å². The molecule has 1 nitrogen and oxygen atoms in total. The first kappa shape index (κ1) is 7.28. The van der Waals surface area contributed by atoms with Crippen molar-refractivity contribution < 1.29 is 4.74 Å². The highest BCUT2D eigenvalue weighted by Gasteiger charge is 2.65. The number of rotatable bonds is 0. The molecule has 5 rings (SSSR count). The standard InChI is InChI=1S/C12H18O/c1-12-6-7-5-10(12)9-4-2-3-8(7)11(9)13-12/h7-11H,2-6H2,1H3. The maximum absolute atomic E-state index is 6.31. The molecule has 5 aliphatic rings. The zero-order chi connectivity index (χ0) is 8.63. The molecule has 0 amide bonds. The van der Waals surface area contributed by atoms with Gasteiger partial charge < -0.3 is 4.74 Å². The maximum Gasteiger partial charge on any atom is 0.0693 e. The van der Waals surface area contributed by atoms with Crippen molar-refractivity contribution >= 4 is 0 Å². The second-order valence-electron chi connectivity index (χ2n) is 5.96. The molecule has 6 bridgehead atoms. The normalized spacial score (nSPS) is 67.6. The predicted octanol–water partition coefficient (Wildman–Crippen LogP) is 2.60. The van der Waals surface area contributed by atoms with Crippen molar-refractivity contribution in [3.63, 3.8) is 0 Å². The van der Waals surface area contributed by atoms with Gasteiger partial charge in [0, 0.05) is 0 Å². The summed E-state index contributed by atoms with van der Waals surface area (Å²) in [5.74, 6) is 3.91. The average molecular weight is 178 g/mol. The molecule has 0 aromatic rings. The zero-order valence-corrected chi connectivity index (χ0v) is 8.33. The molecule has 1 heteroatoms. The summed E-state index contributed by atoms with van der Waals surface area (Å²) in [6.07, 6.45) is 8.00. The Balaban J connectivity index is 1.84. The first-order valence-corrected chi connectivity index (χ1v) is 5.96. The van der Waals surface area contributed by atoms with Gasteiger partial charge in [-0.15, -0.1) is 0 Å². The van der Waals surface area contributed by atoms with E-state index >= 15 is 0 Å². The Morgan fingerprint density at radius 1 is 1.23 bits per heavy atom. The van der Waals surface area contributed by atoms with E-state index in [1.54, 1.807) is 0 Å². The fraction of sp³-hybridized carbons (Fsp3) is 1.00. The van der Waals surface area contributed by atoms with Gasteiger partial charge in [0.25, 0.3) is 0 Å². The predicted molar refractivity (Wildman–Crippen MR) is 50.3 cm³/mol. The molecule has 13 heavy (non-hydrogen) atoms. The van der Waals surface area contributed by atoms with Crippen LogP contribution in [-0.4, -0.2) is 11.7 Å². The van der Waals surface area contributed by atoms with Gasteiger partial charge in [0.05, 0.1) is 11.7 Å². The number of hydrogen-bond acceptors (Lipinski definition) is 1. The molecule has 3 saturated carbocycles. The van der Waals surface area contributed by atoms with Crippen molar-refractivity contribution in [2.45, 2.75) is 50.7 Å². The first-order valence-electron chi connectivity index (χ1n) is 5.96. The minimum absolute atomic E-state index is 0.320. The Morgan fingerprint density at radius 3 is 3.00 bits per heavy atom. The molecule has 2 aliphatic heterocycles. The van der Waals surface area contributed by atoms with Crippen molar-refractivity contribution in [1.29, 1.82) is 0 Å². The van der Waals surface area contributed by atoms with E-state index in [2.05, 4.69) is 6.92 Å². The molecule has 0 radical (unpaired) electrons. The molecule has 2 heterocycles. The molecule has 0 N–H and O–H groups in total. The highest BCUT2D eigenvalue weighted by atomic mass is 16.5. The van der Waals surface area contributed by atoms with Crippen LogP contribution in [0.25, 0.3) is 0 Å². The van der Waals surface area contributed by atoms with Crippen LogP contribution in [0.4, 0.5) is 0 Å². The Labute approximate surface area is 79.8 Å². The fourth-order valence-corrected chi connectivity index (χ4v) is 5.08. The summed E-state index contributed by atoms with van der Waals surface area (Å²) >= 11 is 0. The number of hydrogen-bond donors (Lipinski definition) is 0. The maximum atomic E-state index is 6.31. The second kappa shape index (κ2) is 1.98. The van der Waals surface area contributed by atoms with Crippen molar-refractivity contribution in [3.8, 4) is 0 Å². The summed E-state index contributed by atoms with van der Waals surface area (Å²) < 4.78 is 6.31. The molecule has 5 fully saturated rings. The zero-order valence-electron chi connectivity index (χ0n) is 8.33. The Bertz CT molecular complexity index is 262. The van der Waals surface area contributed by atoms with Crippen LogP contribution in [0.3, 0.4) is 0 Å². The SMILES string of the molecule is CC12CC3CC1C1CCCC3C1O2. The van der Waals surface area contributed by atoms with E-state index in [-0.39, 0.29) is 0 Å². The van der Waals surface area contributed by atoms with Crippen LogP contribution in [0.1, 0.15) is 39.0 Å². The molecular weight excluding hydrogens is 160 g/mol. The summed E-state index contributed by atoms with van der Waals surface area (Å²) in [6, 6.07) is 0. The first-order chi connectivity index (χ1) is 6.28. The highest BCUT2D eigenvalue weighted by Crippen LogP contribution is 2.65. The molecule has 0 aromatic heterocycles. The lowest BCUT2D eigenvalue weighted by Gasteiger charge is -2.43. The minimum Gasteiger partial charge on any atom is -0.371 e. The van der Waals surface area contributed by atoms with E-state index in [9.17, 15) is 0 Å². The lowest BCUT2D eigenvalue weighted by Crippen LogP contribution is -2.42. The fourth-order valence-electron chi connectivity index (χ4n) is 5.08. The van der Waals surface area contributed by atoms with E-state index in [0.717, 1.165) is 23.7 Å². The number of ether oxygens (including phenoxy) is 1. The van der Waals surface area contributed by atoms with Crippen LogP contribution in [-0.2, 0) is 4.74 Å². The summed E-state index contributed by atoms with van der Waals surface area (Å²) in [7, 11) is 0. The summed E-state index contributed by atoms with van der Waals surface area (Å²) in [6.45, 7) is 2.38. The van der Waals surface area contributed by atoms with Crippen LogP contribution >= 0.6 is 0 Å². The Morgan fingerprint density at radius 2 is 2.08 bits per heavy atom. The smallest absolute Gasteiger partial charge is 0.0693 e. The molecule has 72 valence electrons.